The lowest BCUT2D eigenvalue weighted by Crippen LogP contribution is -2.30. The number of rotatable bonds is 6. The van der Waals surface area contributed by atoms with E-state index in [9.17, 15) is 4.79 Å². The van der Waals surface area contributed by atoms with Gasteiger partial charge in [-0.05, 0) is 43.7 Å². The van der Waals surface area contributed by atoms with Crippen LogP contribution in [0.5, 0.6) is 5.75 Å². The Morgan fingerprint density at radius 3 is 2.42 bits per heavy atom. The summed E-state index contributed by atoms with van der Waals surface area (Å²) in [7, 11) is 1.63. The molecule has 1 heterocycles. The fraction of sp³-hybridized carbons (Fsp3) is 0.238. The maximum absolute atomic E-state index is 12.6. The fourth-order valence-corrected chi connectivity index (χ4v) is 2.74. The smallest absolute Gasteiger partial charge is 0.255 e. The first-order chi connectivity index (χ1) is 12.6. The van der Waals surface area contributed by atoms with Crippen molar-refractivity contribution in [3.8, 4) is 17.0 Å². The van der Waals surface area contributed by atoms with Crippen molar-refractivity contribution in [2.24, 2.45) is 0 Å². The zero-order valence-corrected chi connectivity index (χ0v) is 15.3. The number of nitrogens with zero attached hydrogens (tertiary/aromatic N) is 2. The molecule has 0 saturated carbocycles. The van der Waals surface area contributed by atoms with Gasteiger partial charge in [0.15, 0.2) is 0 Å². The van der Waals surface area contributed by atoms with Gasteiger partial charge in [-0.1, -0.05) is 30.3 Å². The van der Waals surface area contributed by atoms with Crippen LogP contribution in [0, 0.1) is 0 Å². The van der Waals surface area contributed by atoms with E-state index in [-0.39, 0.29) is 11.9 Å². The molecule has 5 nitrogen and oxygen atoms in total. The second-order valence-electron chi connectivity index (χ2n) is 6.43. The molecule has 0 atom stereocenters. The van der Waals surface area contributed by atoms with E-state index in [0.717, 1.165) is 16.9 Å². The molecule has 3 rings (SSSR count). The van der Waals surface area contributed by atoms with Crippen molar-refractivity contribution in [3.05, 3.63) is 71.9 Å². The lowest BCUT2D eigenvalue weighted by Gasteiger charge is -2.08. The van der Waals surface area contributed by atoms with Gasteiger partial charge in [-0.25, -0.2) is 0 Å². The van der Waals surface area contributed by atoms with E-state index in [0.29, 0.717) is 17.8 Å². The van der Waals surface area contributed by atoms with Crippen molar-refractivity contribution >= 4 is 5.91 Å². The van der Waals surface area contributed by atoms with Gasteiger partial charge in [0.25, 0.3) is 5.91 Å². The summed E-state index contributed by atoms with van der Waals surface area (Å²) in [6.45, 7) is 4.50. The fourth-order valence-electron chi connectivity index (χ4n) is 2.74. The first-order valence-corrected chi connectivity index (χ1v) is 8.63. The summed E-state index contributed by atoms with van der Waals surface area (Å²) in [4.78, 5) is 12.6. The Balaban J connectivity index is 1.97. The number of aromatic nitrogens is 2. The molecule has 0 fully saturated rings. The molecule has 0 saturated heterocycles. The average Bonchev–Trinajstić information content (AvgIpc) is 3.06. The molecule has 0 aliphatic carbocycles. The van der Waals surface area contributed by atoms with Crippen molar-refractivity contribution in [1.29, 1.82) is 0 Å². The molecular formula is C21H23N3O2. The maximum Gasteiger partial charge on any atom is 0.255 e. The first kappa shape index (κ1) is 17.7. The van der Waals surface area contributed by atoms with E-state index in [1.165, 1.54) is 0 Å². The number of nitrogens with one attached hydrogen (secondary N) is 1. The van der Waals surface area contributed by atoms with Gasteiger partial charge in [-0.15, -0.1) is 0 Å². The Labute approximate surface area is 153 Å². The van der Waals surface area contributed by atoms with Gasteiger partial charge in [0, 0.05) is 17.8 Å². The van der Waals surface area contributed by atoms with Crippen LogP contribution in [0.2, 0.25) is 0 Å². The summed E-state index contributed by atoms with van der Waals surface area (Å²) in [5, 5.41) is 7.63. The van der Waals surface area contributed by atoms with Crippen molar-refractivity contribution in [3.63, 3.8) is 0 Å². The average molecular weight is 349 g/mol. The molecule has 0 unspecified atom stereocenters. The molecule has 0 aliphatic heterocycles. The number of hydrogen-bond donors (Lipinski definition) is 1. The summed E-state index contributed by atoms with van der Waals surface area (Å²) < 4.78 is 7.02. The van der Waals surface area contributed by atoms with Crippen LogP contribution < -0.4 is 10.1 Å². The third kappa shape index (κ3) is 4.11. The summed E-state index contributed by atoms with van der Waals surface area (Å²) in [5.41, 5.74) is 3.25. The molecule has 1 aromatic heterocycles. The minimum absolute atomic E-state index is 0.0590. The van der Waals surface area contributed by atoms with Gasteiger partial charge in [-0.3, -0.25) is 9.48 Å². The van der Waals surface area contributed by atoms with Crippen LogP contribution in [0.15, 0.2) is 60.8 Å². The SMILES string of the molecule is COc1ccc(-c2nn(Cc3ccccc3)cc2C(=O)NC(C)C)cc1. The minimum atomic E-state index is -0.120. The number of methoxy groups -OCH3 is 1. The van der Waals surface area contributed by atoms with Crippen LogP contribution in [0.1, 0.15) is 29.8 Å². The Bertz CT molecular complexity index is 868. The molecule has 5 heteroatoms. The van der Waals surface area contributed by atoms with E-state index < -0.39 is 0 Å². The Morgan fingerprint density at radius 2 is 1.81 bits per heavy atom. The Kier molecular flexibility index (Phi) is 5.37. The number of amides is 1. The summed E-state index contributed by atoms with van der Waals surface area (Å²) >= 11 is 0. The number of benzene rings is 2. The predicted molar refractivity (Wildman–Crippen MR) is 102 cm³/mol. The molecule has 26 heavy (non-hydrogen) atoms. The predicted octanol–water partition coefficient (Wildman–Crippen LogP) is 3.75. The summed E-state index contributed by atoms with van der Waals surface area (Å²) in [5.74, 6) is 0.649. The molecule has 134 valence electrons. The van der Waals surface area contributed by atoms with Crippen molar-refractivity contribution in [2.45, 2.75) is 26.4 Å². The standard InChI is InChI=1S/C21H23N3O2/c1-15(2)22-21(25)19-14-24(13-16-7-5-4-6-8-16)23-20(19)17-9-11-18(26-3)12-10-17/h4-12,14-15H,13H2,1-3H3,(H,22,25). The number of hydrogen-bond acceptors (Lipinski definition) is 3. The van der Waals surface area contributed by atoms with E-state index >= 15 is 0 Å². The minimum Gasteiger partial charge on any atom is -0.497 e. The van der Waals surface area contributed by atoms with Crippen molar-refractivity contribution in [2.75, 3.05) is 7.11 Å². The molecule has 1 amide bonds. The monoisotopic (exact) mass is 349 g/mol. The molecular weight excluding hydrogens is 326 g/mol. The van der Waals surface area contributed by atoms with Crippen molar-refractivity contribution < 1.29 is 9.53 Å². The van der Waals surface area contributed by atoms with Crippen molar-refractivity contribution in [1.82, 2.24) is 15.1 Å². The zero-order valence-electron chi connectivity index (χ0n) is 15.3. The van der Waals surface area contributed by atoms with E-state index in [1.54, 1.807) is 7.11 Å². The molecule has 0 spiro atoms. The van der Waals surface area contributed by atoms with Gasteiger partial charge in [0.1, 0.15) is 11.4 Å². The third-order valence-corrected chi connectivity index (χ3v) is 3.98. The van der Waals surface area contributed by atoms with Gasteiger partial charge >= 0.3 is 0 Å². The highest BCUT2D eigenvalue weighted by Crippen LogP contribution is 2.25. The summed E-state index contributed by atoms with van der Waals surface area (Å²) in [6, 6.07) is 17.7. The summed E-state index contributed by atoms with van der Waals surface area (Å²) in [6.07, 6.45) is 1.81. The van der Waals surface area contributed by atoms with Crippen LogP contribution >= 0.6 is 0 Å². The van der Waals surface area contributed by atoms with E-state index in [1.807, 2.05) is 79.3 Å². The molecule has 1 N–H and O–H groups in total. The van der Waals surface area contributed by atoms with Crippen LogP contribution in [0.4, 0.5) is 0 Å². The van der Waals surface area contributed by atoms with E-state index in [2.05, 4.69) is 10.4 Å². The number of ether oxygens (including phenoxy) is 1. The third-order valence-electron chi connectivity index (χ3n) is 3.98. The van der Waals surface area contributed by atoms with Gasteiger partial charge < -0.3 is 10.1 Å². The lowest BCUT2D eigenvalue weighted by molar-refractivity contribution is 0.0943. The number of carbonyl (C=O) groups is 1. The second-order valence-corrected chi connectivity index (χ2v) is 6.43. The first-order valence-electron chi connectivity index (χ1n) is 8.63. The van der Waals surface area contributed by atoms with Gasteiger partial charge in [-0.2, -0.15) is 5.10 Å². The van der Waals surface area contributed by atoms with Crippen LogP contribution in [0.25, 0.3) is 11.3 Å². The maximum atomic E-state index is 12.6. The zero-order chi connectivity index (χ0) is 18.5. The lowest BCUT2D eigenvalue weighted by atomic mass is 10.1. The largest absolute Gasteiger partial charge is 0.497 e. The van der Waals surface area contributed by atoms with Crippen LogP contribution in [-0.2, 0) is 6.54 Å². The molecule has 3 aromatic rings. The molecule has 2 aromatic carbocycles. The Morgan fingerprint density at radius 1 is 1.12 bits per heavy atom. The van der Waals surface area contributed by atoms with Crippen LogP contribution in [0.3, 0.4) is 0 Å². The highest BCUT2D eigenvalue weighted by molar-refractivity contribution is 5.99. The molecule has 0 bridgehead atoms. The Hall–Kier alpha value is -3.08. The topological polar surface area (TPSA) is 56.2 Å². The highest BCUT2D eigenvalue weighted by atomic mass is 16.5. The van der Waals surface area contributed by atoms with Crippen LogP contribution in [-0.4, -0.2) is 28.8 Å². The molecule has 0 aliphatic rings. The van der Waals surface area contributed by atoms with Gasteiger partial charge in [0.2, 0.25) is 0 Å². The normalized spacial score (nSPS) is 10.8. The van der Waals surface area contributed by atoms with Gasteiger partial charge in [0.05, 0.1) is 19.2 Å². The quantitative estimate of drug-likeness (QED) is 0.737. The highest BCUT2D eigenvalue weighted by Gasteiger charge is 2.18. The second kappa shape index (κ2) is 7.87. The molecule has 0 radical (unpaired) electrons. The number of carbonyl (C=O) groups excluding carboxylic acids is 1. The van der Waals surface area contributed by atoms with E-state index in [4.69, 9.17) is 4.74 Å².